The van der Waals surface area contributed by atoms with Crippen molar-refractivity contribution < 1.29 is 19.1 Å². The van der Waals surface area contributed by atoms with E-state index in [1.54, 1.807) is 0 Å². The largest absolute Gasteiger partial charge is 0.467 e. The first-order chi connectivity index (χ1) is 9.31. The first-order valence-electron chi connectivity index (χ1n) is 6.31. The summed E-state index contributed by atoms with van der Waals surface area (Å²) in [5.41, 5.74) is 0. The van der Waals surface area contributed by atoms with Gasteiger partial charge >= 0.3 is 12.0 Å². The van der Waals surface area contributed by atoms with Crippen molar-refractivity contribution in [2.75, 3.05) is 58.9 Å². The van der Waals surface area contributed by atoms with Gasteiger partial charge in [-0.2, -0.15) is 9.97 Å². The number of quaternary nitrogens is 1. The number of morpholine rings is 1. The van der Waals surface area contributed by atoms with Crippen LogP contribution in [0.25, 0.3) is 0 Å². The zero-order valence-electron chi connectivity index (χ0n) is 11.3. The van der Waals surface area contributed by atoms with Gasteiger partial charge in [0.1, 0.15) is 13.1 Å². The van der Waals surface area contributed by atoms with Crippen molar-refractivity contribution >= 4 is 5.95 Å². The average molecular weight is 270 g/mol. The lowest BCUT2D eigenvalue weighted by Gasteiger charge is -2.23. The quantitative estimate of drug-likeness (QED) is 0.632. The molecule has 0 spiro atoms. The summed E-state index contributed by atoms with van der Waals surface area (Å²) in [5.74, 6) is 0.469. The van der Waals surface area contributed by atoms with Crippen molar-refractivity contribution in [3.8, 4) is 12.0 Å². The highest BCUT2D eigenvalue weighted by Crippen LogP contribution is 2.11. The van der Waals surface area contributed by atoms with Gasteiger partial charge in [0.05, 0.1) is 40.5 Å². The third kappa shape index (κ3) is 4.18. The normalized spacial score (nSPS) is 16.1. The van der Waals surface area contributed by atoms with E-state index in [1.807, 2.05) is 0 Å². The number of rotatable bonds is 6. The monoisotopic (exact) mass is 270 g/mol. The smallest absolute Gasteiger partial charge is 0.324 e. The van der Waals surface area contributed by atoms with Crippen molar-refractivity contribution in [1.29, 1.82) is 0 Å². The molecule has 0 aromatic carbocycles. The second-order valence-electron chi connectivity index (χ2n) is 4.17. The zero-order valence-corrected chi connectivity index (χ0v) is 11.3. The van der Waals surface area contributed by atoms with Crippen molar-refractivity contribution in [2.45, 2.75) is 0 Å². The summed E-state index contributed by atoms with van der Waals surface area (Å²) in [7, 11) is 3.02. The molecule has 8 heteroatoms. The predicted octanol–water partition coefficient (Wildman–Crippen LogP) is -1.78. The maximum absolute atomic E-state index is 5.32. The molecular weight excluding hydrogens is 250 g/mol. The highest BCUT2D eigenvalue weighted by Gasteiger charge is 2.13. The summed E-state index contributed by atoms with van der Waals surface area (Å²) in [6.07, 6.45) is 0. The molecule has 1 saturated heterocycles. The second kappa shape index (κ2) is 7.05. The lowest BCUT2D eigenvalue weighted by molar-refractivity contribution is -0.906. The molecule has 2 N–H and O–H groups in total. The third-order valence-electron chi connectivity index (χ3n) is 2.92. The van der Waals surface area contributed by atoms with Gasteiger partial charge in [0.2, 0.25) is 5.95 Å². The van der Waals surface area contributed by atoms with E-state index in [9.17, 15) is 0 Å². The first kappa shape index (κ1) is 13.8. The number of hydrogen-bond acceptors (Lipinski definition) is 7. The van der Waals surface area contributed by atoms with Crippen LogP contribution in [0.3, 0.4) is 0 Å². The van der Waals surface area contributed by atoms with Gasteiger partial charge in [-0.1, -0.05) is 0 Å². The standard InChI is InChI=1S/C11H19N5O3/c1-17-10-13-9(14-11(15-10)18-2)12-3-4-16-5-7-19-8-6-16/h3-8H2,1-2H3,(H,12,13,14,15)/p+1. The zero-order chi connectivity index (χ0) is 13.5. The van der Waals surface area contributed by atoms with Crippen LogP contribution in [0.2, 0.25) is 0 Å². The van der Waals surface area contributed by atoms with E-state index in [4.69, 9.17) is 14.2 Å². The molecule has 1 aromatic rings. The Bertz CT molecular complexity index is 376. The highest BCUT2D eigenvalue weighted by molar-refractivity contribution is 5.27. The van der Waals surface area contributed by atoms with Crippen molar-refractivity contribution in [3.05, 3.63) is 0 Å². The van der Waals surface area contributed by atoms with Crippen LogP contribution in [0.1, 0.15) is 0 Å². The molecule has 0 bridgehead atoms. The van der Waals surface area contributed by atoms with E-state index in [0.29, 0.717) is 5.95 Å². The number of aromatic nitrogens is 3. The summed E-state index contributed by atoms with van der Waals surface area (Å²) < 4.78 is 15.3. The molecule has 0 aliphatic carbocycles. The average Bonchev–Trinajstić information content (AvgIpc) is 2.48. The van der Waals surface area contributed by atoms with Gasteiger partial charge < -0.3 is 24.4 Å². The van der Waals surface area contributed by atoms with Gasteiger partial charge in [0.25, 0.3) is 0 Å². The Morgan fingerprint density at radius 2 is 1.74 bits per heavy atom. The molecule has 2 heterocycles. The Morgan fingerprint density at radius 1 is 1.11 bits per heavy atom. The van der Waals surface area contributed by atoms with Crippen LogP contribution < -0.4 is 19.7 Å². The summed E-state index contributed by atoms with van der Waals surface area (Å²) in [4.78, 5) is 13.7. The molecule has 1 aliphatic heterocycles. The molecule has 8 nitrogen and oxygen atoms in total. The minimum atomic E-state index is 0.244. The van der Waals surface area contributed by atoms with Crippen LogP contribution in [-0.4, -0.2) is 68.6 Å². The highest BCUT2D eigenvalue weighted by atomic mass is 16.5. The summed E-state index contributed by atoms with van der Waals surface area (Å²) in [5, 5.41) is 3.16. The fraction of sp³-hybridized carbons (Fsp3) is 0.727. The molecule has 1 aromatic heterocycles. The van der Waals surface area contributed by atoms with Crippen LogP contribution >= 0.6 is 0 Å². The molecule has 0 atom stereocenters. The number of nitrogens with one attached hydrogen (secondary N) is 2. The van der Waals surface area contributed by atoms with E-state index < -0.39 is 0 Å². The van der Waals surface area contributed by atoms with Crippen LogP contribution in [-0.2, 0) is 4.74 Å². The molecule has 1 aliphatic rings. The molecule has 19 heavy (non-hydrogen) atoms. The van der Waals surface area contributed by atoms with Crippen LogP contribution in [0.4, 0.5) is 5.95 Å². The van der Waals surface area contributed by atoms with Crippen LogP contribution in [0.5, 0.6) is 12.0 Å². The SMILES string of the molecule is COc1nc(NCC[NH+]2CCOCC2)nc(OC)n1. The molecule has 0 saturated carbocycles. The van der Waals surface area contributed by atoms with E-state index in [1.165, 1.54) is 19.1 Å². The maximum Gasteiger partial charge on any atom is 0.324 e. The number of nitrogens with zero attached hydrogens (tertiary/aromatic N) is 3. The number of anilines is 1. The number of ether oxygens (including phenoxy) is 3. The molecule has 0 unspecified atom stereocenters. The van der Waals surface area contributed by atoms with Crippen LogP contribution in [0.15, 0.2) is 0 Å². The first-order valence-corrected chi connectivity index (χ1v) is 6.31. The molecule has 2 rings (SSSR count). The van der Waals surface area contributed by atoms with Gasteiger partial charge in [0, 0.05) is 0 Å². The maximum atomic E-state index is 5.32. The van der Waals surface area contributed by atoms with Gasteiger partial charge in [-0.15, -0.1) is 4.98 Å². The summed E-state index contributed by atoms with van der Waals surface area (Å²) in [6, 6.07) is 0.487. The van der Waals surface area contributed by atoms with E-state index in [2.05, 4.69) is 20.3 Å². The van der Waals surface area contributed by atoms with E-state index in [-0.39, 0.29) is 12.0 Å². The summed E-state index contributed by atoms with van der Waals surface area (Å²) in [6.45, 7) is 5.55. The number of hydrogen-bond donors (Lipinski definition) is 2. The Hall–Kier alpha value is -1.67. The lowest BCUT2D eigenvalue weighted by Crippen LogP contribution is -3.14. The molecule has 106 valence electrons. The van der Waals surface area contributed by atoms with Gasteiger partial charge in [-0.25, -0.2) is 0 Å². The van der Waals surface area contributed by atoms with E-state index in [0.717, 1.165) is 39.4 Å². The molecule has 0 radical (unpaired) electrons. The fourth-order valence-electron chi connectivity index (χ4n) is 1.86. The second-order valence-corrected chi connectivity index (χ2v) is 4.17. The Kier molecular flexibility index (Phi) is 5.10. The minimum absolute atomic E-state index is 0.244. The third-order valence-corrected chi connectivity index (χ3v) is 2.92. The van der Waals surface area contributed by atoms with Gasteiger partial charge in [-0.05, 0) is 0 Å². The van der Waals surface area contributed by atoms with Gasteiger partial charge in [0.15, 0.2) is 0 Å². The van der Waals surface area contributed by atoms with Crippen molar-refractivity contribution in [3.63, 3.8) is 0 Å². The predicted molar refractivity (Wildman–Crippen MR) is 67.8 cm³/mol. The molecular formula is C11H20N5O3+. The molecule has 0 amide bonds. The Morgan fingerprint density at radius 3 is 2.32 bits per heavy atom. The van der Waals surface area contributed by atoms with Crippen molar-refractivity contribution in [1.82, 2.24) is 15.0 Å². The number of methoxy groups -OCH3 is 2. The van der Waals surface area contributed by atoms with Crippen LogP contribution in [0, 0.1) is 0 Å². The van der Waals surface area contributed by atoms with E-state index >= 15 is 0 Å². The summed E-state index contributed by atoms with van der Waals surface area (Å²) >= 11 is 0. The fourth-order valence-corrected chi connectivity index (χ4v) is 1.86. The molecule has 1 fully saturated rings. The minimum Gasteiger partial charge on any atom is -0.467 e. The van der Waals surface area contributed by atoms with Crippen molar-refractivity contribution in [2.24, 2.45) is 0 Å². The Balaban J connectivity index is 1.84. The van der Waals surface area contributed by atoms with Gasteiger partial charge in [-0.3, -0.25) is 0 Å². The Labute approximate surface area is 112 Å². The lowest BCUT2D eigenvalue weighted by atomic mass is 10.4. The topological polar surface area (TPSA) is 82.8 Å².